The zero-order chi connectivity index (χ0) is 23.0. The molecule has 1 aliphatic rings. The van der Waals surface area contributed by atoms with E-state index in [9.17, 15) is 4.79 Å². The smallest absolute Gasteiger partial charge is 0.263 e. The molecule has 2 heterocycles. The highest BCUT2D eigenvalue weighted by atomic mass is 16.5. The molecule has 0 saturated carbocycles. The van der Waals surface area contributed by atoms with Gasteiger partial charge in [0.15, 0.2) is 5.82 Å². The van der Waals surface area contributed by atoms with Crippen LogP contribution in [-0.4, -0.2) is 35.0 Å². The molecule has 1 fully saturated rings. The van der Waals surface area contributed by atoms with Crippen molar-refractivity contribution in [1.29, 1.82) is 0 Å². The van der Waals surface area contributed by atoms with E-state index in [1.54, 1.807) is 12.4 Å². The maximum Gasteiger partial charge on any atom is 0.263 e. The van der Waals surface area contributed by atoms with Gasteiger partial charge in [-0.15, -0.1) is 0 Å². The minimum absolute atomic E-state index is 0.0261. The van der Waals surface area contributed by atoms with Crippen LogP contribution < -0.4 is 15.0 Å². The maximum atomic E-state index is 12.8. The molecule has 4 rings (SSSR count). The molecule has 1 unspecified atom stereocenters. The van der Waals surface area contributed by atoms with Gasteiger partial charge in [-0.25, -0.2) is 9.97 Å². The quantitative estimate of drug-likeness (QED) is 0.534. The van der Waals surface area contributed by atoms with Crippen molar-refractivity contribution in [3.8, 4) is 11.6 Å². The first-order valence-corrected chi connectivity index (χ1v) is 11.7. The van der Waals surface area contributed by atoms with Crippen LogP contribution in [0.2, 0.25) is 0 Å². The van der Waals surface area contributed by atoms with E-state index in [1.165, 1.54) is 5.56 Å². The number of benzene rings is 2. The molecule has 1 N–H and O–H groups in total. The van der Waals surface area contributed by atoms with E-state index in [0.717, 1.165) is 55.9 Å². The average Bonchev–Trinajstić information content (AvgIpc) is 2.84. The molecular weight excluding hydrogens is 412 g/mol. The molecule has 1 saturated heterocycles. The number of carbonyl (C=O) groups is 1. The van der Waals surface area contributed by atoms with Crippen LogP contribution in [0.4, 0.5) is 5.82 Å². The number of rotatable bonds is 8. The third kappa shape index (κ3) is 6.31. The van der Waals surface area contributed by atoms with Crippen LogP contribution in [0.3, 0.4) is 0 Å². The van der Waals surface area contributed by atoms with Crippen LogP contribution >= 0.6 is 0 Å². The number of ether oxygens (including phenoxy) is 1. The fourth-order valence-electron chi connectivity index (χ4n) is 4.21. The fraction of sp³-hybridized carbons (Fsp3) is 0.370. The van der Waals surface area contributed by atoms with Crippen molar-refractivity contribution < 1.29 is 9.53 Å². The van der Waals surface area contributed by atoms with Gasteiger partial charge in [-0.1, -0.05) is 42.5 Å². The predicted octanol–water partition coefficient (Wildman–Crippen LogP) is 4.93. The number of hydrogen-bond acceptors (Lipinski definition) is 5. The van der Waals surface area contributed by atoms with Crippen molar-refractivity contribution in [2.45, 2.75) is 45.6 Å². The summed E-state index contributed by atoms with van der Waals surface area (Å²) in [6.45, 7) is 5.62. The summed E-state index contributed by atoms with van der Waals surface area (Å²) in [7, 11) is 0. The van der Waals surface area contributed by atoms with Gasteiger partial charge in [0.2, 0.25) is 5.91 Å². The number of hydrogen-bond donors (Lipinski definition) is 1. The first-order chi connectivity index (χ1) is 16.1. The lowest BCUT2D eigenvalue weighted by molar-refractivity contribution is -0.126. The Morgan fingerprint density at radius 2 is 1.85 bits per heavy atom. The van der Waals surface area contributed by atoms with E-state index in [1.807, 2.05) is 37.3 Å². The Morgan fingerprint density at radius 3 is 2.61 bits per heavy atom. The van der Waals surface area contributed by atoms with Gasteiger partial charge >= 0.3 is 0 Å². The SMILES string of the molecule is Cc1cccc(Oc2nccnc2N2CCC(C(=O)NC(C)CCc3ccccc3)CC2)c1. The Balaban J connectivity index is 1.29. The average molecular weight is 445 g/mol. The number of aryl methyl sites for hydroxylation is 2. The number of piperidine rings is 1. The van der Waals surface area contributed by atoms with Crippen molar-refractivity contribution in [3.63, 3.8) is 0 Å². The fourth-order valence-corrected chi connectivity index (χ4v) is 4.21. The normalized spacial score (nSPS) is 15.2. The lowest BCUT2D eigenvalue weighted by Gasteiger charge is -2.33. The van der Waals surface area contributed by atoms with Crippen molar-refractivity contribution in [3.05, 3.63) is 78.1 Å². The lowest BCUT2D eigenvalue weighted by atomic mass is 9.95. The van der Waals surface area contributed by atoms with Gasteiger partial charge in [-0.3, -0.25) is 4.79 Å². The summed E-state index contributed by atoms with van der Waals surface area (Å²) < 4.78 is 6.04. The molecule has 172 valence electrons. The van der Waals surface area contributed by atoms with Gasteiger partial charge in [0.25, 0.3) is 5.88 Å². The molecular formula is C27H32N4O2. The van der Waals surface area contributed by atoms with E-state index in [0.29, 0.717) is 5.88 Å². The first kappa shape index (κ1) is 22.8. The molecule has 6 heteroatoms. The highest BCUT2D eigenvalue weighted by Gasteiger charge is 2.28. The third-order valence-electron chi connectivity index (χ3n) is 6.11. The summed E-state index contributed by atoms with van der Waals surface area (Å²) in [5.74, 6) is 2.16. The van der Waals surface area contributed by atoms with Crippen LogP contribution in [0.5, 0.6) is 11.6 Å². The minimum Gasteiger partial charge on any atom is -0.436 e. The van der Waals surface area contributed by atoms with E-state index < -0.39 is 0 Å². The number of aromatic nitrogens is 2. The van der Waals surface area contributed by atoms with E-state index in [4.69, 9.17) is 4.74 Å². The highest BCUT2D eigenvalue weighted by Crippen LogP contribution is 2.31. The number of amides is 1. The number of nitrogens with zero attached hydrogens (tertiary/aromatic N) is 3. The van der Waals surface area contributed by atoms with Crippen molar-refractivity contribution in [1.82, 2.24) is 15.3 Å². The molecule has 0 spiro atoms. The zero-order valence-electron chi connectivity index (χ0n) is 19.4. The highest BCUT2D eigenvalue weighted by molar-refractivity contribution is 5.79. The maximum absolute atomic E-state index is 12.8. The Hall–Kier alpha value is -3.41. The van der Waals surface area contributed by atoms with Crippen LogP contribution in [0.15, 0.2) is 67.0 Å². The topological polar surface area (TPSA) is 67.4 Å². The van der Waals surface area contributed by atoms with Crippen LogP contribution in [0.1, 0.15) is 37.3 Å². The monoisotopic (exact) mass is 444 g/mol. The number of carbonyl (C=O) groups excluding carboxylic acids is 1. The van der Waals surface area contributed by atoms with Crippen LogP contribution in [0, 0.1) is 12.8 Å². The Labute approximate surface area is 196 Å². The number of anilines is 1. The predicted molar refractivity (Wildman–Crippen MR) is 131 cm³/mol. The minimum atomic E-state index is 0.0261. The van der Waals surface area contributed by atoms with Gasteiger partial charge in [-0.05, 0) is 62.8 Å². The van der Waals surface area contributed by atoms with E-state index >= 15 is 0 Å². The summed E-state index contributed by atoms with van der Waals surface area (Å²) in [5, 5.41) is 3.21. The molecule has 0 radical (unpaired) electrons. The van der Waals surface area contributed by atoms with Crippen LogP contribution in [-0.2, 0) is 11.2 Å². The molecule has 0 aliphatic carbocycles. The van der Waals surface area contributed by atoms with E-state index in [2.05, 4.69) is 51.4 Å². The Kier molecular flexibility index (Phi) is 7.55. The first-order valence-electron chi connectivity index (χ1n) is 11.7. The molecule has 0 bridgehead atoms. The van der Waals surface area contributed by atoms with Crippen LogP contribution in [0.25, 0.3) is 0 Å². The molecule has 1 aliphatic heterocycles. The summed E-state index contributed by atoms with van der Waals surface area (Å²) in [6.07, 6.45) is 6.82. The van der Waals surface area contributed by atoms with Gasteiger partial charge in [-0.2, -0.15) is 0 Å². The number of nitrogens with one attached hydrogen (secondary N) is 1. The lowest BCUT2D eigenvalue weighted by Crippen LogP contribution is -2.43. The molecule has 6 nitrogen and oxygen atoms in total. The van der Waals surface area contributed by atoms with Gasteiger partial charge < -0.3 is 15.0 Å². The Bertz CT molecular complexity index is 1050. The van der Waals surface area contributed by atoms with Crippen molar-refractivity contribution in [2.75, 3.05) is 18.0 Å². The summed E-state index contributed by atoms with van der Waals surface area (Å²) in [5.41, 5.74) is 2.43. The molecule has 1 atom stereocenters. The third-order valence-corrected chi connectivity index (χ3v) is 6.11. The van der Waals surface area contributed by atoms with Crippen molar-refractivity contribution >= 4 is 11.7 Å². The summed E-state index contributed by atoms with van der Waals surface area (Å²) in [4.78, 5) is 23.9. The van der Waals surface area contributed by atoms with Gasteiger partial charge in [0.05, 0.1) is 0 Å². The van der Waals surface area contributed by atoms with Gasteiger partial charge in [0, 0.05) is 37.4 Å². The standard InChI is InChI=1S/C27H32N4O2/c1-20-7-6-10-24(19-20)33-27-25(28-15-16-29-27)31-17-13-23(14-18-31)26(32)30-21(2)11-12-22-8-4-3-5-9-22/h3-10,15-16,19,21,23H,11-14,17-18H2,1-2H3,(H,30,32). The molecule has 33 heavy (non-hydrogen) atoms. The largest absolute Gasteiger partial charge is 0.436 e. The second-order valence-corrected chi connectivity index (χ2v) is 8.80. The van der Waals surface area contributed by atoms with E-state index in [-0.39, 0.29) is 17.9 Å². The molecule has 1 aromatic heterocycles. The Morgan fingerprint density at radius 1 is 1.09 bits per heavy atom. The zero-order valence-corrected chi connectivity index (χ0v) is 19.4. The summed E-state index contributed by atoms with van der Waals surface area (Å²) >= 11 is 0. The van der Waals surface area contributed by atoms with Crippen molar-refractivity contribution in [2.24, 2.45) is 5.92 Å². The second kappa shape index (κ2) is 10.9. The molecule has 3 aromatic rings. The molecule has 1 amide bonds. The summed E-state index contributed by atoms with van der Waals surface area (Å²) in [6, 6.07) is 18.5. The molecule has 2 aromatic carbocycles. The second-order valence-electron chi connectivity index (χ2n) is 8.80. The van der Waals surface area contributed by atoms with Gasteiger partial charge in [0.1, 0.15) is 5.75 Å².